The molecule has 9 heteroatoms. The fourth-order valence-corrected chi connectivity index (χ4v) is 2.72. The van der Waals surface area contributed by atoms with Crippen LogP contribution in [-0.2, 0) is 19.2 Å². The zero-order valence-corrected chi connectivity index (χ0v) is 14.5. The molecule has 0 radical (unpaired) electrons. The van der Waals surface area contributed by atoms with E-state index in [9.17, 15) is 24.3 Å². The quantitative estimate of drug-likeness (QED) is 0.169. The van der Waals surface area contributed by atoms with Gasteiger partial charge in [-0.15, -0.1) is 0 Å². The normalized spacial score (nSPS) is 19.8. The summed E-state index contributed by atoms with van der Waals surface area (Å²) in [4.78, 5) is 48.4. The predicted molar refractivity (Wildman–Crippen MR) is 92.4 cm³/mol. The van der Waals surface area contributed by atoms with Crippen LogP contribution in [0.15, 0.2) is 35.1 Å². The molecule has 0 aromatic carbocycles. The number of hydrogen-bond donors (Lipinski definition) is 4. The number of carbonyl (C=O) groups is 4. The van der Waals surface area contributed by atoms with E-state index >= 15 is 0 Å². The number of carbonyl (C=O) groups excluding carboxylic acids is 3. The number of amides is 3. The van der Waals surface area contributed by atoms with Crippen molar-refractivity contribution in [1.82, 2.24) is 10.2 Å². The van der Waals surface area contributed by atoms with Crippen LogP contribution in [0.4, 0.5) is 0 Å². The van der Waals surface area contributed by atoms with E-state index in [0.29, 0.717) is 23.3 Å². The first-order chi connectivity index (χ1) is 11.8. The van der Waals surface area contributed by atoms with Gasteiger partial charge in [-0.25, -0.2) is 9.69 Å². The molecule has 2 aliphatic rings. The van der Waals surface area contributed by atoms with Crippen LogP contribution < -0.4 is 11.1 Å². The summed E-state index contributed by atoms with van der Waals surface area (Å²) in [5.74, 6) is -3.60. The van der Waals surface area contributed by atoms with Gasteiger partial charge in [0.15, 0.2) is 6.04 Å². The number of thiol groups is 1. The lowest BCUT2D eigenvalue weighted by molar-refractivity contribution is -0.163. The molecule has 0 spiro atoms. The second-order valence-corrected chi connectivity index (χ2v) is 6.03. The second-order valence-electron chi connectivity index (χ2n) is 5.71. The molecule has 1 aliphatic carbocycles. The largest absolute Gasteiger partial charge is 0.477 e. The molecule has 2 rings (SSSR count). The first kappa shape index (κ1) is 18.9. The molecule has 1 saturated heterocycles. The number of β-lactam (4-membered cyclic amide) rings is 2. The number of nitrogens with two attached hydrogens (primary N) is 1. The van der Waals surface area contributed by atoms with Gasteiger partial charge in [-0.1, -0.05) is 18.2 Å². The maximum absolute atomic E-state index is 12.2. The molecule has 1 atom stereocenters. The van der Waals surface area contributed by atoms with E-state index in [1.165, 1.54) is 6.92 Å². The maximum atomic E-state index is 12.2. The Morgan fingerprint density at radius 2 is 2.04 bits per heavy atom. The number of carboxylic acids is 1. The maximum Gasteiger partial charge on any atom is 0.353 e. The van der Waals surface area contributed by atoms with Crippen LogP contribution in [0.2, 0.25) is 0 Å². The van der Waals surface area contributed by atoms with Gasteiger partial charge in [0.2, 0.25) is 5.91 Å². The van der Waals surface area contributed by atoms with Crippen LogP contribution in [0.1, 0.15) is 19.8 Å². The Labute approximate surface area is 149 Å². The number of aliphatic carboxylic acids is 1. The molecule has 4 N–H and O–H groups in total. The third-order valence-corrected chi connectivity index (χ3v) is 4.48. The molecule has 0 aromatic rings. The molecule has 1 fully saturated rings. The number of likely N-dealkylation sites (tertiary alicyclic amines) is 1. The predicted octanol–water partition coefficient (Wildman–Crippen LogP) is -0.268. The minimum atomic E-state index is -1.42. The summed E-state index contributed by atoms with van der Waals surface area (Å²) in [5.41, 5.74) is 6.39. The van der Waals surface area contributed by atoms with E-state index in [4.69, 9.17) is 5.73 Å². The van der Waals surface area contributed by atoms with Gasteiger partial charge in [0.1, 0.15) is 11.7 Å². The van der Waals surface area contributed by atoms with Crippen molar-refractivity contribution in [3.63, 3.8) is 0 Å². The van der Waals surface area contributed by atoms with Gasteiger partial charge < -0.3 is 16.2 Å². The first-order valence-corrected chi connectivity index (χ1v) is 8.24. The van der Waals surface area contributed by atoms with Crippen molar-refractivity contribution in [3.8, 4) is 0 Å². The fourth-order valence-electron chi connectivity index (χ4n) is 2.57. The second kappa shape index (κ2) is 7.66. The summed E-state index contributed by atoms with van der Waals surface area (Å²) in [6.07, 6.45) is 6.84. The average Bonchev–Trinajstić information content (AvgIpc) is 2.62. The van der Waals surface area contributed by atoms with E-state index < -0.39 is 41.5 Å². The molecule has 8 nitrogen and oxygen atoms in total. The molecule has 134 valence electrons. The van der Waals surface area contributed by atoms with Crippen molar-refractivity contribution in [1.29, 1.82) is 0 Å². The van der Waals surface area contributed by atoms with Gasteiger partial charge >= 0.3 is 5.97 Å². The Balaban J connectivity index is 2.08. The molecule has 25 heavy (non-hydrogen) atoms. The molecule has 0 bridgehead atoms. The zero-order valence-electron chi connectivity index (χ0n) is 13.6. The molecule has 1 heterocycles. The van der Waals surface area contributed by atoms with Crippen molar-refractivity contribution in [2.75, 3.05) is 5.75 Å². The summed E-state index contributed by atoms with van der Waals surface area (Å²) in [6.45, 7) is 1.46. The zero-order chi connectivity index (χ0) is 18.7. The molecule has 3 amide bonds. The van der Waals surface area contributed by atoms with Crippen molar-refractivity contribution < 1.29 is 24.3 Å². The summed E-state index contributed by atoms with van der Waals surface area (Å²) >= 11 is 3.96. The Morgan fingerprint density at radius 3 is 2.52 bits per heavy atom. The minimum absolute atomic E-state index is 0.0717. The van der Waals surface area contributed by atoms with Gasteiger partial charge in [0.05, 0.1) is 0 Å². The van der Waals surface area contributed by atoms with Crippen LogP contribution in [0, 0.1) is 0 Å². The lowest BCUT2D eigenvalue weighted by Crippen LogP contribution is -2.69. The lowest BCUT2D eigenvalue weighted by Gasteiger charge is -2.37. The summed E-state index contributed by atoms with van der Waals surface area (Å²) < 4.78 is 0. The van der Waals surface area contributed by atoms with E-state index in [-0.39, 0.29) is 11.3 Å². The number of carboxylic acid groups (broad SMARTS) is 1. The van der Waals surface area contributed by atoms with Gasteiger partial charge in [0, 0.05) is 5.75 Å². The molecular weight excluding hydrogens is 346 g/mol. The van der Waals surface area contributed by atoms with E-state index in [1.54, 1.807) is 0 Å². The van der Waals surface area contributed by atoms with Crippen LogP contribution >= 0.6 is 12.6 Å². The van der Waals surface area contributed by atoms with E-state index in [2.05, 4.69) is 17.9 Å². The van der Waals surface area contributed by atoms with Crippen LogP contribution in [0.5, 0.6) is 0 Å². The monoisotopic (exact) mass is 365 g/mol. The summed E-state index contributed by atoms with van der Waals surface area (Å²) in [6, 6.07) is -2.38. The number of nitrogens with one attached hydrogen (secondary N) is 1. The van der Waals surface area contributed by atoms with Crippen molar-refractivity contribution in [2.24, 2.45) is 5.73 Å². The topological polar surface area (TPSA) is 130 Å². The number of hydrogen-bond acceptors (Lipinski definition) is 6. The Morgan fingerprint density at radius 1 is 1.40 bits per heavy atom. The van der Waals surface area contributed by atoms with Crippen molar-refractivity contribution >= 4 is 36.3 Å². The Bertz CT molecular complexity index is 709. The standard InChI is InChI=1S/C16H19N3O5S/c1-8(7-25)12(16(23)24)19-14(21)11(15(19)22)18-13(20)10(17)9-5-3-2-4-6-9/h2-3,6,10-11,25H,4-5,7,17H2,1H3,(H,18,20)(H,23,24)/t10-/m1/s1. The van der Waals surface area contributed by atoms with Crippen LogP contribution in [-0.4, -0.2) is 51.5 Å². The molecule has 0 aromatic heterocycles. The van der Waals surface area contributed by atoms with Crippen molar-refractivity contribution in [3.05, 3.63) is 35.1 Å². The summed E-state index contributed by atoms with van der Waals surface area (Å²) in [7, 11) is 0. The molecule has 0 unspecified atom stereocenters. The number of nitrogens with zero attached hydrogens (tertiary/aromatic N) is 1. The third kappa shape index (κ3) is 3.67. The highest BCUT2D eigenvalue weighted by Gasteiger charge is 2.51. The Hall–Kier alpha value is -2.39. The number of imide groups is 1. The fraction of sp³-hybridized carbons (Fsp3) is 0.375. The summed E-state index contributed by atoms with van der Waals surface area (Å²) in [5, 5.41) is 11.5. The van der Waals surface area contributed by atoms with Crippen LogP contribution in [0.3, 0.4) is 0 Å². The number of allylic oxidation sites excluding steroid dienone is 3. The first-order valence-electron chi connectivity index (χ1n) is 7.61. The van der Waals surface area contributed by atoms with Gasteiger partial charge in [0.25, 0.3) is 11.8 Å². The minimum Gasteiger partial charge on any atom is -0.477 e. The SMILES string of the molecule is CC(CS)=C(C(=O)O)N1C(=O)C(NC(=O)[C@H](N)C2=CCC=CC2)C1=O. The molecular formula is C16H19N3O5S. The lowest BCUT2D eigenvalue weighted by atomic mass is 9.97. The molecule has 0 saturated carbocycles. The number of rotatable bonds is 6. The van der Waals surface area contributed by atoms with E-state index in [0.717, 1.165) is 0 Å². The van der Waals surface area contributed by atoms with Gasteiger partial charge in [-0.2, -0.15) is 12.6 Å². The van der Waals surface area contributed by atoms with Gasteiger partial charge in [-0.3, -0.25) is 14.4 Å². The van der Waals surface area contributed by atoms with Gasteiger partial charge in [-0.05, 0) is 30.9 Å². The highest BCUT2D eigenvalue weighted by atomic mass is 32.1. The van der Waals surface area contributed by atoms with Crippen molar-refractivity contribution in [2.45, 2.75) is 31.8 Å². The highest BCUT2D eigenvalue weighted by Crippen LogP contribution is 2.23. The van der Waals surface area contributed by atoms with Crippen LogP contribution in [0.25, 0.3) is 0 Å². The Kier molecular flexibility index (Phi) is 5.81. The molecule has 1 aliphatic heterocycles. The smallest absolute Gasteiger partial charge is 0.353 e. The van der Waals surface area contributed by atoms with E-state index in [1.807, 2.05) is 18.2 Å². The highest BCUT2D eigenvalue weighted by molar-refractivity contribution is 7.80. The third-order valence-electron chi connectivity index (χ3n) is 4.01. The average molecular weight is 365 g/mol.